The van der Waals surface area contributed by atoms with Crippen molar-refractivity contribution >= 4 is 18.3 Å². The van der Waals surface area contributed by atoms with Gasteiger partial charge in [0.2, 0.25) is 5.91 Å². The van der Waals surface area contributed by atoms with Crippen LogP contribution >= 0.6 is 12.4 Å². The highest BCUT2D eigenvalue weighted by molar-refractivity contribution is 5.85. The summed E-state index contributed by atoms with van der Waals surface area (Å²) in [6, 6.07) is 9.44. The molecule has 0 aromatic heterocycles. The van der Waals surface area contributed by atoms with Gasteiger partial charge in [-0.1, -0.05) is 38.1 Å². The number of hydrogen-bond acceptors (Lipinski definition) is 2. The van der Waals surface area contributed by atoms with Crippen molar-refractivity contribution in [1.82, 2.24) is 4.90 Å². The molecule has 4 heteroatoms. The smallest absolute Gasteiger partial charge is 0.226 e. The van der Waals surface area contributed by atoms with Gasteiger partial charge >= 0.3 is 0 Å². The highest BCUT2D eigenvalue weighted by Gasteiger charge is 2.38. The maximum absolute atomic E-state index is 12.8. The first kappa shape index (κ1) is 18.3. The van der Waals surface area contributed by atoms with Gasteiger partial charge in [0.25, 0.3) is 0 Å². The van der Waals surface area contributed by atoms with Gasteiger partial charge in [0.1, 0.15) is 0 Å². The lowest BCUT2D eigenvalue weighted by molar-refractivity contribution is -0.136. The molecule has 0 aliphatic heterocycles. The number of amides is 1. The van der Waals surface area contributed by atoms with Crippen LogP contribution in [0.5, 0.6) is 0 Å². The summed E-state index contributed by atoms with van der Waals surface area (Å²) in [5.41, 5.74) is 8.58. The number of carbonyl (C=O) groups is 1. The van der Waals surface area contributed by atoms with E-state index in [-0.39, 0.29) is 24.4 Å². The molecular weight excluding hydrogens is 308 g/mol. The minimum Gasteiger partial charge on any atom is -0.335 e. The van der Waals surface area contributed by atoms with E-state index in [2.05, 4.69) is 43.0 Å². The molecule has 0 bridgehead atoms. The van der Waals surface area contributed by atoms with E-state index in [4.69, 9.17) is 5.73 Å². The fraction of sp³-hybridized carbons (Fsp3) is 0.632. The van der Waals surface area contributed by atoms with Gasteiger partial charge in [-0.3, -0.25) is 4.79 Å². The number of nitrogens with two attached hydrogens (primary N) is 1. The topological polar surface area (TPSA) is 46.3 Å². The van der Waals surface area contributed by atoms with Crippen LogP contribution in [-0.4, -0.2) is 22.9 Å². The molecular formula is C19H29ClN2O. The van der Waals surface area contributed by atoms with E-state index in [1.165, 1.54) is 11.1 Å². The zero-order chi connectivity index (χ0) is 15.7. The highest BCUT2D eigenvalue weighted by Crippen LogP contribution is 2.33. The molecule has 2 aliphatic carbocycles. The summed E-state index contributed by atoms with van der Waals surface area (Å²) in [4.78, 5) is 14.9. The van der Waals surface area contributed by atoms with Crippen molar-refractivity contribution in [3.63, 3.8) is 0 Å². The molecule has 3 nitrogen and oxygen atoms in total. The average molecular weight is 337 g/mol. The van der Waals surface area contributed by atoms with Crippen LogP contribution in [0.15, 0.2) is 24.3 Å². The quantitative estimate of drug-likeness (QED) is 0.887. The molecule has 2 atom stereocenters. The first-order valence-electron chi connectivity index (χ1n) is 8.69. The Morgan fingerprint density at radius 3 is 2.30 bits per heavy atom. The minimum absolute atomic E-state index is 0. The molecule has 3 rings (SSSR count). The summed E-state index contributed by atoms with van der Waals surface area (Å²) in [7, 11) is 0. The highest BCUT2D eigenvalue weighted by atomic mass is 35.5. The third-order valence-corrected chi connectivity index (χ3v) is 5.09. The van der Waals surface area contributed by atoms with Crippen molar-refractivity contribution in [2.24, 2.45) is 11.7 Å². The maximum atomic E-state index is 12.8. The molecule has 1 aromatic carbocycles. The Labute approximate surface area is 146 Å². The molecule has 0 spiro atoms. The number of hydrogen-bond donors (Lipinski definition) is 1. The van der Waals surface area contributed by atoms with Crippen LogP contribution in [0, 0.1) is 5.92 Å². The van der Waals surface area contributed by atoms with Crippen molar-refractivity contribution in [3.05, 3.63) is 35.4 Å². The lowest BCUT2D eigenvalue weighted by Crippen LogP contribution is -2.37. The Balaban J connectivity index is 0.00000192. The maximum Gasteiger partial charge on any atom is 0.226 e. The fourth-order valence-electron chi connectivity index (χ4n) is 3.45. The third kappa shape index (κ3) is 4.48. The van der Waals surface area contributed by atoms with Crippen LogP contribution in [-0.2, 0) is 11.3 Å². The fourth-order valence-corrected chi connectivity index (χ4v) is 3.45. The summed E-state index contributed by atoms with van der Waals surface area (Å²) in [6.07, 6.45) is 5.16. The molecule has 0 saturated heterocycles. The molecule has 2 unspecified atom stereocenters. The second kappa shape index (κ2) is 7.67. The van der Waals surface area contributed by atoms with Gasteiger partial charge in [-0.05, 0) is 49.1 Å². The molecule has 128 valence electrons. The Kier molecular flexibility index (Phi) is 6.10. The number of rotatable bonds is 5. The molecule has 2 saturated carbocycles. The van der Waals surface area contributed by atoms with E-state index in [9.17, 15) is 4.79 Å². The number of nitrogens with zero attached hydrogens (tertiary/aromatic N) is 1. The van der Waals surface area contributed by atoms with Gasteiger partial charge in [-0.25, -0.2) is 0 Å². The second-order valence-corrected chi connectivity index (χ2v) is 7.36. The summed E-state index contributed by atoms with van der Waals surface area (Å²) >= 11 is 0. The molecule has 2 fully saturated rings. The van der Waals surface area contributed by atoms with E-state index in [0.717, 1.165) is 38.6 Å². The van der Waals surface area contributed by atoms with E-state index < -0.39 is 0 Å². The molecule has 0 heterocycles. The van der Waals surface area contributed by atoms with Gasteiger partial charge in [0, 0.05) is 24.5 Å². The van der Waals surface area contributed by atoms with Crippen LogP contribution in [0.25, 0.3) is 0 Å². The van der Waals surface area contributed by atoms with E-state index in [1.54, 1.807) is 0 Å². The van der Waals surface area contributed by atoms with Crippen LogP contribution < -0.4 is 5.73 Å². The Morgan fingerprint density at radius 1 is 1.17 bits per heavy atom. The molecule has 2 aliphatic rings. The lowest BCUT2D eigenvalue weighted by Gasteiger charge is -2.26. The predicted octanol–water partition coefficient (Wildman–Crippen LogP) is 3.85. The summed E-state index contributed by atoms with van der Waals surface area (Å²) in [6.45, 7) is 5.17. The Morgan fingerprint density at radius 2 is 1.83 bits per heavy atom. The Hall–Kier alpha value is -1.06. The van der Waals surface area contributed by atoms with Crippen LogP contribution in [0.2, 0.25) is 0 Å². The van der Waals surface area contributed by atoms with Crippen molar-refractivity contribution in [1.29, 1.82) is 0 Å². The summed E-state index contributed by atoms with van der Waals surface area (Å²) in [5.74, 6) is 1.05. The Bertz CT molecular complexity index is 525. The van der Waals surface area contributed by atoms with E-state index >= 15 is 0 Å². The van der Waals surface area contributed by atoms with Gasteiger partial charge in [-0.15, -0.1) is 12.4 Å². The largest absolute Gasteiger partial charge is 0.335 e. The minimum atomic E-state index is 0. The predicted molar refractivity (Wildman–Crippen MR) is 96.7 cm³/mol. The van der Waals surface area contributed by atoms with Crippen molar-refractivity contribution in [3.8, 4) is 0 Å². The molecule has 2 N–H and O–H groups in total. The van der Waals surface area contributed by atoms with Crippen LogP contribution in [0.4, 0.5) is 0 Å². The zero-order valence-corrected chi connectivity index (χ0v) is 15.0. The van der Waals surface area contributed by atoms with Gasteiger partial charge in [0.15, 0.2) is 0 Å². The summed E-state index contributed by atoms with van der Waals surface area (Å²) < 4.78 is 0. The van der Waals surface area contributed by atoms with Crippen LogP contribution in [0.1, 0.15) is 63.0 Å². The second-order valence-electron chi connectivity index (χ2n) is 7.36. The summed E-state index contributed by atoms with van der Waals surface area (Å²) in [5, 5.41) is 0. The van der Waals surface area contributed by atoms with E-state index in [1.807, 2.05) is 0 Å². The van der Waals surface area contributed by atoms with Gasteiger partial charge in [-0.2, -0.15) is 0 Å². The zero-order valence-electron chi connectivity index (χ0n) is 14.2. The first-order chi connectivity index (χ1) is 10.5. The van der Waals surface area contributed by atoms with Crippen molar-refractivity contribution < 1.29 is 4.79 Å². The lowest BCUT2D eigenvalue weighted by atomic mass is 10.0. The SMILES string of the molecule is CC(C)c1ccc(CN(C(=O)C2CCC(N)C2)C2CC2)cc1.Cl. The van der Waals surface area contributed by atoms with Crippen molar-refractivity contribution in [2.45, 2.75) is 70.5 Å². The molecule has 0 radical (unpaired) electrons. The van der Waals surface area contributed by atoms with Crippen molar-refractivity contribution in [2.75, 3.05) is 0 Å². The number of halogens is 1. The monoisotopic (exact) mass is 336 g/mol. The third-order valence-electron chi connectivity index (χ3n) is 5.09. The van der Waals surface area contributed by atoms with E-state index in [0.29, 0.717) is 17.9 Å². The molecule has 1 amide bonds. The first-order valence-corrected chi connectivity index (χ1v) is 8.69. The molecule has 1 aromatic rings. The molecule has 23 heavy (non-hydrogen) atoms. The standard InChI is InChI=1S/C19H28N2O.ClH/c1-13(2)15-5-3-14(4-6-15)12-21(18-9-10-18)19(22)16-7-8-17(20)11-16;/h3-6,13,16-18H,7-12,20H2,1-2H3;1H. The number of benzene rings is 1. The normalized spacial score (nSPS) is 23.7. The van der Waals surface area contributed by atoms with Gasteiger partial charge in [0.05, 0.1) is 0 Å². The van der Waals surface area contributed by atoms with Crippen LogP contribution in [0.3, 0.4) is 0 Å². The number of carbonyl (C=O) groups excluding carboxylic acids is 1. The average Bonchev–Trinajstić information content (AvgIpc) is 3.25. The van der Waals surface area contributed by atoms with Gasteiger partial charge < -0.3 is 10.6 Å².